The lowest BCUT2D eigenvalue weighted by molar-refractivity contribution is -0.130. The number of aryl methyl sites for hydroxylation is 2. The Hall–Kier alpha value is -5.52. The lowest BCUT2D eigenvalue weighted by Gasteiger charge is -2.21. The number of likely N-dealkylation sites (tertiary alicyclic amines) is 1. The van der Waals surface area contributed by atoms with Crippen LogP contribution in [-0.2, 0) is 22.6 Å². The van der Waals surface area contributed by atoms with Crippen LogP contribution in [0.1, 0.15) is 39.3 Å². The van der Waals surface area contributed by atoms with E-state index in [-0.39, 0.29) is 50.0 Å². The van der Waals surface area contributed by atoms with E-state index >= 15 is 4.39 Å². The van der Waals surface area contributed by atoms with Gasteiger partial charge in [-0.2, -0.15) is 4.98 Å². The second-order valence-electron chi connectivity index (χ2n) is 11.7. The first kappa shape index (κ1) is 31.5. The van der Waals surface area contributed by atoms with Crippen molar-refractivity contribution in [3.63, 3.8) is 0 Å². The zero-order chi connectivity index (χ0) is 33.1. The molecule has 7 rings (SSSR count). The number of nitrogens with zero attached hydrogens (tertiary/aromatic N) is 2. The van der Waals surface area contributed by atoms with Crippen molar-refractivity contribution in [3.05, 3.63) is 111 Å². The molecule has 242 valence electrons. The lowest BCUT2D eigenvalue weighted by atomic mass is 10.0. The van der Waals surface area contributed by atoms with E-state index in [1.807, 2.05) is 12.1 Å². The SMILES string of the molecule is Cc1nc(=O)[nH]c(C)c1CCC(=O)N1C[C@@H]2NC(=O)c3cc(ccc3F)-c3cccc(c3)OCC(=O)NCc3ccc(cc3)O[C@H]2C1. The molecule has 3 aliphatic rings. The summed E-state index contributed by atoms with van der Waals surface area (Å²) < 4.78 is 27.1. The molecular formula is C35H34FN5O6. The Morgan fingerprint density at radius 1 is 0.979 bits per heavy atom. The van der Waals surface area contributed by atoms with Crippen LogP contribution < -0.4 is 25.8 Å². The van der Waals surface area contributed by atoms with Crippen molar-refractivity contribution in [3.8, 4) is 22.6 Å². The number of aromatic nitrogens is 2. The minimum atomic E-state index is -0.697. The van der Waals surface area contributed by atoms with E-state index in [0.29, 0.717) is 40.4 Å². The van der Waals surface area contributed by atoms with Crippen molar-refractivity contribution in [1.82, 2.24) is 25.5 Å². The average molecular weight is 640 g/mol. The summed E-state index contributed by atoms with van der Waals surface area (Å²) in [6.45, 7) is 3.95. The van der Waals surface area contributed by atoms with E-state index in [9.17, 15) is 19.2 Å². The Bertz CT molecular complexity index is 1870. The third-order valence-corrected chi connectivity index (χ3v) is 8.43. The number of rotatable bonds is 3. The molecule has 4 aromatic rings. The molecule has 3 aromatic carbocycles. The second kappa shape index (κ2) is 13.5. The van der Waals surface area contributed by atoms with E-state index in [2.05, 4.69) is 20.6 Å². The van der Waals surface area contributed by atoms with E-state index in [0.717, 1.165) is 11.1 Å². The monoisotopic (exact) mass is 639 g/mol. The van der Waals surface area contributed by atoms with Gasteiger partial charge in [-0.25, -0.2) is 9.18 Å². The van der Waals surface area contributed by atoms with Crippen LogP contribution in [-0.4, -0.2) is 64.4 Å². The predicted octanol–water partition coefficient (Wildman–Crippen LogP) is 3.22. The highest BCUT2D eigenvalue weighted by Crippen LogP contribution is 2.27. The Labute approximate surface area is 270 Å². The summed E-state index contributed by atoms with van der Waals surface area (Å²) in [6.07, 6.45) is -0.0955. The molecule has 47 heavy (non-hydrogen) atoms. The van der Waals surface area contributed by atoms with Crippen molar-refractivity contribution < 1.29 is 28.2 Å². The number of carbonyl (C=O) groups excluding carboxylic acids is 3. The van der Waals surface area contributed by atoms with Gasteiger partial charge in [-0.15, -0.1) is 0 Å². The highest BCUT2D eigenvalue weighted by atomic mass is 19.1. The van der Waals surface area contributed by atoms with Gasteiger partial charge < -0.3 is 30.0 Å². The van der Waals surface area contributed by atoms with Crippen LogP contribution in [0.25, 0.3) is 11.1 Å². The van der Waals surface area contributed by atoms with Crippen LogP contribution in [0, 0.1) is 19.7 Å². The lowest BCUT2D eigenvalue weighted by Crippen LogP contribution is -2.45. The second-order valence-corrected chi connectivity index (χ2v) is 11.7. The van der Waals surface area contributed by atoms with Gasteiger partial charge in [-0.05, 0) is 78.9 Å². The molecule has 1 fully saturated rings. The largest absolute Gasteiger partial charge is 0.486 e. The first-order chi connectivity index (χ1) is 22.6. The molecular weight excluding hydrogens is 605 g/mol. The number of hydrogen-bond acceptors (Lipinski definition) is 7. The fourth-order valence-electron chi connectivity index (χ4n) is 5.90. The molecule has 0 spiro atoms. The van der Waals surface area contributed by atoms with Gasteiger partial charge in [0.15, 0.2) is 6.61 Å². The van der Waals surface area contributed by atoms with Crippen LogP contribution in [0.3, 0.4) is 0 Å². The molecule has 3 amide bonds. The van der Waals surface area contributed by atoms with Crippen LogP contribution >= 0.6 is 0 Å². The Balaban J connectivity index is 1.27. The fourth-order valence-corrected chi connectivity index (χ4v) is 5.90. The Morgan fingerprint density at radius 2 is 1.77 bits per heavy atom. The summed E-state index contributed by atoms with van der Waals surface area (Å²) in [6, 6.07) is 17.7. The molecule has 3 N–H and O–H groups in total. The number of benzene rings is 3. The maximum absolute atomic E-state index is 15.1. The molecule has 6 bridgehead atoms. The van der Waals surface area contributed by atoms with Crippen molar-refractivity contribution in [2.75, 3.05) is 19.7 Å². The predicted molar refractivity (Wildman–Crippen MR) is 171 cm³/mol. The molecule has 1 saturated heterocycles. The zero-order valence-corrected chi connectivity index (χ0v) is 26.0. The van der Waals surface area contributed by atoms with Crippen molar-refractivity contribution in [2.45, 2.75) is 45.4 Å². The molecule has 2 atom stereocenters. The van der Waals surface area contributed by atoms with Crippen molar-refractivity contribution >= 4 is 17.7 Å². The number of H-pyrrole nitrogens is 1. The number of halogens is 1. The van der Waals surface area contributed by atoms with Crippen LogP contribution in [0.4, 0.5) is 4.39 Å². The summed E-state index contributed by atoms with van der Waals surface area (Å²) >= 11 is 0. The molecule has 0 aliphatic carbocycles. The molecule has 0 saturated carbocycles. The Morgan fingerprint density at radius 3 is 2.55 bits per heavy atom. The van der Waals surface area contributed by atoms with Gasteiger partial charge in [0.1, 0.15) is 23.4 Å². The maximum atomic E-state index is 15.1. The Kier molecular flexibility index (Phi) is 9.01. The summed E-state index contributed by atoms with van der Waals surface area (Å²) in [7, 11) is 0. The highest BCUT2D eigenvalue weighted by molar-refractivity contribution is 5.96. The third-order valence-electron chi connectivity index (χ3n) is 8.43. The summed E-state index contributed by atoms with van der Waals surface area (Å²) in [4.78, 5) is 59.4. The standard InChI is InChI=1S/C35H34FN5O6/c1-20-27(21(2)39-35(45)38-20)11-13-33(43)41-17-30-31(18-41)47-25-9-6-22(7-10-25)16-37-32(42)19-46-26-5-3-4-23(14-26)24-8-12-29(36)28(15-24)34(44)40-30/h3-10,12,14-15,30-31H,11,13,16-19H2,1-2H3,(H,37,42)(H,40,44)(H,38,39,45)/t30-,31-/m0/s1. The van der Waals surface area contributed by atoms with Gasteiger partial charge in [0.05, 0.1) is 18.2 Å². The molecule has 3 aliphatic heterocycles. The van der Waals surface area contributed by atoms with Gasteiger partial charge >= 0.3 is 5.69 Å². The molecule has 11 nitrogen and oxygen atoms in total. The number of carbonyl (C=O) groups is 3. The molecule has 0 radical (unpaired) electrons. The first-order valence-electron chi connectivity index (χ1n) is 15.3. The smallest absolute Gasteiger partial charge is 0.345 e. The van der Waals surface area contributed by atoms with Crippen LogP contribution in [0.2, 0.25) is 0 Å². The minimum Gasteiger partial charge on any atom is -0.486 e. The molecule has 12 heteroatoms. The topological polar surface area (TPSA) is 143 Å². The third kappa shape index (κ3) is 7.32. The van der Waals surface area contributed by atoms with E-state index < -0.39 is 29.6 Å². The summed E-state index contributed by atoms with van der Waals surface area (Å²) in [5.41, 5.74) is 3.53. The maximum Gasteiger partial charge on any atom is 0.345 e. The molecule has 4 heterocycles. The summed E-state index contributed by atoms with van der Waals surface area (Å²) in [5.74, 6) is -0.842. The summed E-state index contributed by atoms with van der Waals surface area (Å²) in [5, 5.41) is 5.75. The van der Waals surface area contributed by atoms with Crippen LogP contribution in [0.5, 0.6) is 11.5 Å². The van der Waals surface area contributed by atoms with Gasteiger partial charge in [-0.3, -0.25) is 14.4 Å². The zero-order valence-electron chi connectivity index (χ0n) is 26.0. The van der Waals surface area contributed by atoms with Crippen molar-refractivity contribution in [1.29, 1.82) is 0 Å². The van der Waals surface area contributed by atoms with Gasteiger partial charge in [0, 0.05) is 30.9 Å². The number of ether oxygens (including phenoxy) is 2. The van der Waals surface area contributed by atoms with E-state index in [4.69, 9.17) is 9.47 Å². The first-order valence-corrected chi connectivity index (χ1v) is 15.3. The average Bonchev–Trinajstić information content (AvgIpc) is 3.44. The number of fused-ring (bicyclic) bond motifs is 7. The van der Waals surface area contributed by atoms with Gasteiger partial charge in [-0.1, -0.05) is 30.3 Å². The van der Waals surface area contributed by atoms with Crippen LogP contribution in [0.15, 0.2) is 71.5 Å². The normalized spacial score (nSPS) is 18.0. The van der Waals surface area contributed by atoms with Crippen molar-refractivity contribution in [2.24, 2.45) is 0 Å². The van der Waals surface area contributed by atoms with E-state index in [1.54, 1.807) is 61.2 Å². The molecule has 0 unspecified atom stereocenters. The fraction of sp³-hybridized carbons (Fsp3) is 0.286. The van der Waals surface area contributed by atoms with E-state index in [1.165, 1.54) is 12.1 Å². The molecule has 1 aromatic heterocycles. The number of nitrogens with one attached hydrogen (secondary N) is 3. The minimum absolute atomic E-state index is 0.155. The van der Waals surface area contributed by atoms with Gasteiger partial charge in [0.25, 0.3) is 11.8 Å². The van der Waals surface area contributed by atoms with Gasteiger partial charge in [0.2, 0.25) is 5.91 Å². The highest BCUT2D eigenvalue weighted by Gasteiger charge is 2.38. The number of hydrogen-bond donors (Lipinski definition) is 3. The quantitative estimate of drug-likeness (QED) is 0.313. The number of amides is 3. The number of aromatic amines is 1.